The number of ether oxygens (including phenoxy) is 4. The van der Waals surface area contributed by atoms with Gasteiger partial charge in [-0.1, -0.05) is 19.9 Å². The Balaban J connectivity index is 0.00000126. The van der Waals surface area contributed by atoms with Crippen molar-refractivity contribution in [3.63, 3.8) is 0 Å². The quantitative estimate of drug-likeness (QED) is 0.645. The smallest absolute Gasteiger partial charge is 0.162 e. The van der Waals surface area contributed by atoms with Crippen LogP contribution >= 0.6 is 0 Å². The Morgan fingerprint density at radius 1 is 0.704 bits per heavy atom. The van der Waals surface area contributed by atoms with E-state index in [-0.39, 0.29) is 0 Å². The van der Waals surface area contributed by atoms with Gasteiger partial charge >= 0.3 is 0 Å². The van der Waals surface area contributed by atoms with Gasteiger partial charge in [-0.3, -0.25) is 0 Å². The van der Waals surface area contributed by atoms with E-state index in [9.17, 15) is 0 Å². The van der Waals surface area contributed by atoms with Crippen molar-refractivity contribution in [3.05, 3.63) is 47.9 Å². The number of hydrogen-bond donors (Lipinski definition) is 0. The van der Waals surface area contributed by atoms with E-state index >= 15 is 0 Å². The maximum Gasteiger partial charge on any atom is 0.162 e. The first-order valence-corrected chi connectivity index (χ1v) is 8.76. The molecule has 3 rings (SSSR count). The summed E-state index contributed by atoms with van der Waals surface area (Å²) in [6.45, 7) is 4.00. The van der Waals surface area contributed by atoms with Crippen LogP contribution in [0.3, 0.4) is 0 Å². The molecule has 1 aromatic heterocycles. The van der Waals surface area contributed by atoms with Crippen LogP contribution in [0.4, 0.5) is 0 Å². The van der Waals surface area contributed by atoms with Gasteiger partial charge in [0.15, 0.2) is 23.0 Å². The third-order valence-electron chi connectivity index (χ3n) is 4.04. The van der Waals surface area contributed by atoms with Crippen LogP contribution in [0.1, 0.15) is 25.1 Å². The molecule has 0 saturated heterocycles. The summed E-state index contributed by atoms with van der Waals surface area (Å²) in [4.78, 5) is 8.79. The summed E-state index contributed by atoms with van der Waals surface area (Å²) in [6, 6.07) is 9.60. The molecule has 0 aliphatic heterocycles. The molecular weight excluding hydrogens is 344 g/mol. The van der Waals surface area contributed by atoms with E-state index in [1.165, 1.54) is 0 Å². The van der Waals surface area contributed by atoms with Gasteiger partial charge in [0.2, 0.25) is 0 Å². The van der Waals surface area contributed by atoms with Gasteiger partial charge in [-0.15, -0.1) is 0 Å². The molecule has 0 amide bonds. The highest BCUT2D eigenvalue weighted by Gasteiger charge is 2.12. The lowest BCUT2D eigenvalue weighted by Gasteiger charge is -2.12. The van der Waals surface area contributed by atoms with Crippen LogP contribution in [0.5, 0.6) is 23.0 Å². The molecular formula is C21H26N2O4. The van der Waals surface area contributed by atoms with Gasteiger partial charge < -0.3 is 18.9 Å². The highest BCUT2D eigenvalue weighted by Crippen LogP contribution is 2.33. The molecule has 144 valence electrons. The normalized spacial score (nSPS) is 10.0. The fourth-order valence-corrected chi connectivity index (χ4v) is 2.76. The summed E-state index contributed by atoms with van der Waals surface area (Å²) < 4.78 is 21.4. The number of aromatic nitrogens is 2. The van der Waals surface area contributed by atoms with E-state index in [2.05, 4.69) is 9.97 Å². The van der Waals surface area contributed by atoms with Crippen molar-refractivity contribution in [2.45, 2.75) is 20.3 Å². The number of rotatable bonds is 6. The second-order valence-electron chi connectivity index (χ2n) is 5.41. The minimum Gasteiger partial charge on any atom is -0.493 e. The summed E-state index contributed by atoms with van der Waals surface area (Å²) in [5.74, 6) is 2.69. The van der Waals surface area contributed by atoms with Crippen molar-refractivity contribution < 1.29 is 18.9 Å². The van der Waals surface area contributed by atoms with E-state index in [0.717, 1.165) is 22.2 Å². The second-order valence-corrected chi connectivity index (χ2v) is 5.41. The minimum absolute atomic E-state index is 0.634. The van der Waals surface area contributed by atoms with E-state index in [4.69, 9.17) is 18.9 Å². The minimum atomic E-state index is 0.634. The standard InChI is InChI=1S/C19H20N2O4.C2H6/c1-22-16-6-5-12(8-17(16)23-2)7-14-13-9-18(24-3)19(25-4)10-15(13)21-11-20-14;1-2/h5-6,8-11H,7H2,1-4H3;1-2H3. The molecule has 0 bridgehead atoms. The summed E-state index contributed by atoms with van der Waals surface area (Å²) in [6.07, 6.45) is 2.19. The molecule has 3 aromatic rings. The Hall–Kier alpha value is -3.02. The van der Waals surface area contributed by atoms with Crippen molar-refractivity contribution in [2.24, 2.45) is 0 Å². The topological polar surface area (TPSA) is 62.7 Å². The van der Waals surface area contributed by atoms with Crippen molar-refractivity contribution in [1.29, 1.82) is 0 Å². The molecule has 0 aliphatic carbocycles. The van der Waals surface area contributed by atoms with Gasteiger partial charge in [-0.05, 0) is 23.8 Å². The molecule has 0 aliphatic rings. The second kappa shape index (κ2) is 9.62. The van der Waals surface area contributed by atoms with Crippen molar-refractivity contribution in [2.75, 3.05) is 28.4 Å². The highest BCUT2D eigenvalue weighted by atomic mass is 16.5. The zero-order valence-corrected chi connectivity index (χ0v) is 16.7. The first-order chi connectivity index (χ1) is 13.2. The van der Waals surface area contributed by atoms with Gasteiger partial charge in [0.25, 0.3) is 0 Å². The molecule has 0 fully saturated rings. The lowest BCUT2D eigenvalue weighted by Crippen LogP contribution is -1.99. The van der Waals surface area contributed by atoms with Crippen LogP contribution in [0.25, 0.3) is 10.9 Å². The Morgan fingerprint density at radius 3 is 1.93 bits per heavy atom. The molecule has 0 saturated carbocycles. The molecule has 2 aromatic carbocycles. The summed E-state index contributed by atoms with van der Waals surface area (Å²) in [5, 5.41) is 0.926. The molecule has 1 heterocycles. The summed E-state index contributed by atoms with van der Waals surface area (Å²) >= 11 is 0. The molecule has 0 N–H and O–H groups in total. The Labute approximate surface area is 160 Å². The van der Waals surface area contributed by atoms with Crippen LogP contribution < -0.4 is 18.9 Å². The van der Waals surface area contributed by atoms with Gasteiger partial charge in [-0.25, -0.2) is 9.97 Å². The van der Waals surface area contributed by atoms with Gasteiger partial charge in [0, 0.05) is 17.9 Å². The molecule has 0 atom stereocenters. The highest BCUT2D eigenvalue weighted by molar-refractivity contribution is 5.84. The van der Waals surface area contributed by atoms with Gasteiger partial charge in [0.1, 0.15) is 6.33 Å². The van der Waals surface area contributed by atoms with Gasteiger partial charge in [0.05, 0.1) is 39.6 Å². The lowest BCUT2D eigenvalue weighted by atomic mass is 10.0. The zero-order valence-electron chi connectivity index (χ0n) is 16.7. The number of hydrogen-bond acceptors (Lipinski definition) is 6. The van der Waals surface area contributed by atoms with E-state index in [1.54, 1.807) is 34.8 Å². The van der Waals surface area contributed by atoms with Crippen LogP contribution in [-0.4, -0.2) is 38.4 Å². The third-order valence-corrected chi connectivity index (χ3v) is 4.04. The first kappa shape index (κ1) is 20.3. The van der Waals surface area contributed by atoms with Crippen molar-refractivity contribution >= 4 is 10.9 Å². The molecule has 6 nitrogen and oxygen atoms in total. The zero-order chi connectivity index (χ0) is 19.8. The number of fused-ring (bicyclic) bond motifs is 1. The lowest BCUT2D eigenvalue weighted by molar-refractivity contribution is 0.354. The predicted octanol–water partition coefficient (Wildman–Crippen LogP) is 4.28. The monoisotopic (exact) mass is 370 g/mol. The Kier molecular flexibility index (Phi) is 7.23. The summed E-state index contributed by atoms with van der Waals surface area (Å²) in [7, 11) is 6.46. The Morgan fingerprint density at radius 2 is 1.30 bits per heavy atom. The van der Waals surface area contributed by atoms with Crippen LogP contribution in [-0.2, 0) is 6.42 Å². The molecule has 0 spiro atoms. The molecule has 27 heavy (non-hydrogen) atoms. The Bertz CT molecular complexity index is 897. The van der Waals surface area contributed by atoms with E-state index in [0.29, 0.717) is 29.4 Å². The third kappa shape index (κ3) is 4.39. The molecule has 0 radical (unpaired) electrons. The van der Waals surface area contributed by atoms with Crippen LogP contribution in [0, 0.1) is 0 Å². The number of benzene rings is 2. The maximum absolute atomic E-state index is 5.40. The largest absolute Gasteiger partial charge is 0.493 e. The molecule has 0 unspecified atom stereocenters. The van der Waals surface area contributed by atoms with Crippen molar-refractivity contribution in [3.8, 4) is 23.0 Å². The van der Waals surface area contributed by atoms with Crippen LogP contribution in [0.2, 0.25) is 0 Å². The average Bonchev–Trinajstić information content (AvgIpc) is 2.74. The summed E-state index contributed by atoms with van der Waals surface area (Å²) in [5.41, 5.74) is 2.77. The number of nitrogens with zero attached hydrogens (tertiary/aromatic N) is 2. The SMILES string of the molecule is CC.COc1ccc(Cc2ncnc3cc(OC)c(OC)cc23)cc1OC. The maximum atomic E-state index is 5.40. The van der Waals surface area contributed by atoms with E-state index in [1.807, 2.05) is 44.2 Å². The average molecular weight is 370 g/mol. The first-order valence-electron chi connectivity index (χ1n) is 8.76. The van der Waals surface area contributed by atoms with E-state index < -0.39 is 0 Å². The fourth-order valence-electron chi connectivity index (χ4n) is 2.76. The fraction of sp³-hybridized carbons (Fsp3) is 0.333. The van der Waals surface area contributed by atoms with Gasteiger partial charge in [-0.2, -0.15) is 0 Å². The predicted molar refractivity (Wildman–Crippen MR) is 106 cm³/mol. The molecule has 6 heteroatoms. The van der Waals surface area contributed by atoms with Crippen molar-refractivity contribution in [1.82, 2.24) is 9.97 Å². The van der Waals surface area contributed by atoms with Crippen LogP contribution in [0.15, 0.2) is 36.7 Å². The number of methoxy groups -OCH3 is 4.